The molecule has 0 bridgehead atoms. The first-order valence-corrected chi connectivity index (χ1v) is 10.8. The molecule has 1 aromatic carbocycles. The van der Waals surface area contributed by atoms with E-state index in [2.05, 4.69) is 14.9 Å². The number of hydrogen-bond donors (Lipinski definition) is 2. The molecule has 2 N–H and O–H groups in total. The van der Waals surface area contributed by atoms with Crippen molar-refractivity contribution in [2.75, 3.05) is 13.7 Å². The van der Waals surface area contributed by atoms with Crippen LogP contribution in [-0.2, 0) is 17.8 Å². The zero-order chi connectivity index (χ0) is 21.7. The van der Waals surface area contributed by atoms with Crippen molar-refractivity contribution in [1.82, 2.24) is 14.9 Å². The lowest BCUT2D eigenvalue weighted by Crippen LogP contribution is -2.33. The van der Waals surface area contributed by atoms with E-state index in [0.29, 0.717) is 52.5 Å². The molecule has 2 aromatic heterocycles. The molecule has 3 aromatic rings. The first kappa shape index (κ1) is 22.1. The van der Waals surface area contributed by atoms with Crippen LogP contribution in [0, 0.1) is 6.92 Å². The van der Waals surface area contributed by atoms with Gasteiger partial charge < -0.3 is 14.8 Å². The summed E-state index contributed by atoms with van der Waals surface area (Å²) >= 11 is 1.16. The zero-order valence-corrected chi connectivity index (χ0v) is 18.3. The number of ether oxygens (including phenoxy) is 1. The van der Waals surface area contributed by atoms with Gasteiger partial charge >= 0.3 is 5.97 Å². The Morgan fingerprint density at radius 1 is 1.30 bits per heavy atom. The number of aromatic nitrogens is 2. The molecule has 0 saturated carbocycles. The van der Waals surface area contributed by atoms with E-state index >= 15 is 0 Å². The number of aromatic amines is 1. The third kappa shape index (κ3) is 5.13. The molecule has 0 saturated heterocycles. The van der Waals surface area contributed by atoms with E-state index in [1.807, 2.05) is 37.3 Å². The summed E-state index contributed by atoms with van der Waals surface area (Å²) in [6, 6.07) is 9.98. The topological polar surface area (TPSA) is 95.5 Å². The Labute approximate surface area is 179 Å². The molecule has 0 fully saturated rings. The molecule has 160 valence electrons. The average molecular weight is 430 g/mol. The highest BCUT2D eigenvalue weighted by atomic mass is 32.1. The van der Waals surface area contributed by atoms with Crippen molar-refractivity contribution in [2.24, 2.45) is 0 Å². The van der Waals surface area contributed by atoms with Crippen LogP contribution >= 0.6 is 11.3 Å². The van der Waals surface area contributed by atoms with Crippen LogP contribution in [0.1, 0.15) is 46.4 Å². The van der Waals surface area contributed by atoms with Crippen LogP contribution in [0.2, 0.25) is 0 Å². The van der Waals surface area contributed by atoms with Gasteiger partial charge in [-0.05, 0) is 24.5 Å². The summed E-state index contributed by atoms with van der Waals surface area (Å²) in [5.74, 6) is 0.0367. The van der Waals surface area contributed by atoms with E-state index in [1.165, 1.54) is 7.11 Å². The molecule has 30 heavy (non-hydrogen) atoms. The highest BCUT2D eigenvalue weighted by Crippen LogP contribution is 2.27. The number of nitrogens with zero attached hydrogens (tertiary/aromatic N) is 2. The van der Waals surface area contributed by atoms with Crippen LogP contribution in [0.4, 0.5) is 0 Å². The number of aryl methyl sites for hydroxylation is 1. The molecule has 0 radical (unpaired) electrons. The third-order valence-electron chi connectivity index (χ3n) is 4.93. The molecule has 0 aliphatic heterocycles. The van der Waals surface area contributed by atoms with Crippen LogP contribution in [-0.4, -0.2) is 45.7 Å². The molecule has 2 heterocycles. The van der Waals surface area contributed by atoms with Crippen molar-refractivity contribution in [3.63, 3.8) is 0 Å². The maximum absolute atomic E-state index is 12.7. The number of nitrogens with one attached hydrogen (secondary N) is 1. The summed E-state index contributed by atoms with van der Waals surface area (Å²) in [4.78, 5) is 35.1. The molecule has 8 heteroatoms. The lowest BCUT2D eigenvalue weighted by molar-refractivity contribution is 0.0605. The number of fused-ring (bicyclic) bond motifs is 1. The molecular formula is C22H27N3O4S. The van der Waals surface area contributed by atoms with Crippen LogP contribution in [0.15, 0.2) is 35.1 Å². The van der Waals surface area contributed by atoms with Crippen LogP contribution in [0.25, 0.3) is 10.2 Å². The maximum Gasteiger partial charge on any atom is 0.348 e. The van der Waals surface area contributed by atoms with E-state index < -0.39 is 12.1 Å². The predicted octanol–water partition coefficient (Wildman–Crippen LogP) is 3.24. The number of rotatable bonds is 9. The molecule has 3 rings (SSSR count). The fourth-order valence-corrected chi connectivity index (χ4v) is 4.63. The van der Waals surface area contributed by atoms with Gasteiger partial charge in [0.25, 0.3) is 5.56 Å². The van der Waals surface area contributed by atoms with Gasteiger partial charge in [-0.1, -0.05) is 43.7 Å². The van der Waals surface area contributed by atoms with Gasteiger partial charge in [0.15, 0.2) is 0 Å². The minimum absolute atomic E-state index is 0.271. The van der Waals surface area contributed by atoms with Gasteiger partial charge in [-0.2, -0.15) is 0 Å². The van der Waals surface area contributed by atoms with Crippen molar-refractivity contribution in [3.8, 4) is 0 Å². The summed E-state index contributed by atoms with van der Waals surface area (Å²) < 4.78 is 4.81. The Kier molecular flexibility index (Phi) is 7.36. The predicted molar refractivity (Wildman–Crippen MR) is 118 cm³/mol. The van der Waals surface area contributed by atoms with Gasteiger partial charge in [0.2, 0.25) is 0 Å². The standard InChI is InChI=1S/C22H27N3O4S/c1-4-8-16(26)12-25(11-15-9-6-5-7-10-15)13-17-23-20(27)18-14(2)19(22(28)29-3)30-21(18)24-17/h5-7,9-10,16,26H,4,8,11-13H2,1-3H3,(H,23,24,27)/t16-/m1/s1. The second-order valence-electron chi connectivity index (χ2n) is 7.34. The van der Waals surface area contributed by atoms with Gasteiger partial charge in [0.1, 0.15) is 15.5 Å². The fourth-order valence-electron chi connectivity index (χ4n) is 3.51. The van der Waals surface area contributed by atoms with Gasteiger partial charge in [0.05, 0.1) is 25.1 Å². The second kappa shape index (κ2) is 9.97. The van der Waals surface area contributed by atoms with E-state index in [9.17, 15) is 14.7 Å². The number of hydrogen-bond acceptors (Lipinski definition) is 7. The first-order valence-electron chi connectivity index (χ1n) is 9.97. The third-order valence-corrected chi connectivity index (χ3v) is 6.10. The zero-order valence-electron chi connectivity index (χ0n) is 17.5. The summed E-state index contributed by atoms with van der Waals surface area (Å²) in [5, 5.41) is 10.8. The fraction of sp³-hybridized carbons (Fsp3) is 0.409. The number of carbonyl (C=O) groups is 1. The molecule has 0 aliphatic rings. The molecule has 1 atom stereocenters. The summed E-state index contributed by atoms with van der Waals surface area (Å²) in [7, 11) is 1.32. The number of thiophene rings is 1. The maximum atomic E-state index is 12.7. The van der Waals surface area contributed by atoms with Crippen molar-refractivity contribution in [3.05, 3.63) is 62.5 Å². The number of aliphatic hydroxyl groups is 1. The van der Waals surface area contributed by atoms with Crippen molar-refractivity contribution < 1.29 is 14.6 Å². The largest absolute Gasteiger partial charge is 0.465 e. The molecular weight excluding hydrogens is 402 g/mol. The normalized spacial score (nSPS) is 12.4. The Morgan fingerprint density at radius 2 is 2.03 bits per heavy atom. The summed E-state index contributed by atoms with van der Waals surface area (Å²) in [5.41, 5.74) is 1.43. The highest BCUT2D eigenvalue weighted by Gasteiger charge is 2.21. The van der Waals surface area contributed by atoms with E-state index in [1.54, 1.807) is 6.92 Å². The molecule has 0 aliphatic carbocycles. The average Bonchev–Trinajstić information content (AvgIpc) is 3.05. The molecule has 7 nitrogen and oxygen atoms in total. The minimum Gasteiger partial charge on any atom is -0.465 e. The molecule has 0 amide bonds. The number of aliphatic hydroxyl groups excluding tert-OH is 1. The van der Waals surface area contributed by atoms with Crippen molar-refractivity contribution in [1.29, 1.82) is 0 Å². The molecule has 0 spiro atoms. The van der Waals surface area contributed by atoms with E-state index in [4.69, 9.17) is 4.74 Å². The van der Waals surface area contributed by atoms with E-state index in [-0.39, 0.29) is 5.56 Å². The van der Waals surface area contributed by atoms with Crippen molar-refractivity contribution in [2.45, 2.75) is 45.9 Å². The van der Waals surface area contributed by atoms with Crippen LogP contribution < -0.4 is 5.56 Å². The number of carbonyl (C=O) groups excluding carboxylic acids is 1. The van der Waals surface area contributed by atoms with Crippen LogP contribution in [0.3, 0.4) is 0 Å². The SMILES string of the molecule is CCC[C@@H](O)CN(Cc1ccccc1)Cc1nc2sc(C(=O)OC)c(C)c2c(=O)[nH]1. The van der Waals surface area contributed by atoms with Gasteiger partial charge in [0, 0.05) is 13.1 Å². The Morgan fingerprint density at radius 3 is 2.70 bits per heavy atom. The Bertz CT molecular complexity index is 1060. The van der Waals surface area contributed by atoms with Gasteiger partial charge in [-0.25, -0.2) is 9.78 Å². The van der Waals surface area contributed by atoms with E-state index in [0.717, 1.165) is 23.3 Å². The van der Waals surface area contributed by atoms with Crippen molar-refractivity contribution >= 4 is 27.5 Å². The smallest absolute Gasteiger partial charge is 0.348 e. The monoisotopic (exact) mass is 429 g/mol. The molecule has 0 unspecified atom stereocenters. The lowest BCUT2D eigenvalue weighted by Gasteiger charge is -2.24. The van der Waals surface area contributed by atoms with Crippen LogP contribution in [0.5, 0.6) is 0 Å². The Balaban J connectivity index is 1.90. The first-order chi connectivity index (χ1) is 14.4. The van der Waals surface area contributed by atoms with Gasteiger partial charge in [-0.3, -0.25) is 9.69 Å². The number of methoxy groups -OCH3 is 1. The highest BCUT2D eigenvalue weighted by molar-refractivity contribution is 7.20. The van der Waals surface area contributed by atoms with Gasteiger partial charge in [-0.15, -0.1) is 11.3 Å². The second-order valence-corrected chi connectivity index (χ2v) is 8.34. The summed E-state index contributed by atoms with van der Waals surface area (Å²) in [6.07, 6.45) is 1.15. The quantitative estimate of drug-likeness (QED) is 0.507. The number of benzene rings is 1. The Hall–Kier alpha value is -2.55. The lowest BCUT2D eigenvalue weighted by atomic mass is 10.1. The summed E-state index contributed by atoms with van der Waals surface area (Å²) in [6.45, 7) is 5.24. The number of H-pyrrole nitrogens is 1. The number of esters is 1. The minimum atomic E-state index is -0.468.